The predicted molar refractivity (Wildman–Crippen MR) is 71.0 cm³/mol. The molecular formula is C15H14N2O4. The molecule has 6 nitrogen and oxygen atoms in total. The van der Waals surface area contributed by atoms with Crippen LogP contribution in [-0.4, -0.2) is 45.1 Å². The van der Waals surface area contributed by atoms with Gasteiger partial charge in [0.15, 0.2) is 0 Å². The summed E-state index contributed by atoms with van der Waals surface area (Å²) in [5.74, 6) is -2.49. The van der Waals surface area contributed by atoms with Crippen molar-refractivity contribution in [3.63, 3.8) is 0 Å². The Kier molecular flexibility index (Phi) is 2.47. The zero-order valence-corrected chi connectivity index (χ0v) is 11.2. The van der Waals surface area contributed by atoms with Crippen molar-refractivity contribution in [3.8, 4) is 0 Å². The molecule has 2 fully saturated rings. The number of aliphatic carboxylic acids is 1. The first-order valence-electron chi connectivity index (χ1n) is 6.88. The summed E-state index contributed by atoms with van der Waals surface area (Å²) in [7, 11) is 0. The van der Waals surface area contributed by atoms with Crippen molar-refractivity contribution in [3.05, 3.63) is 42.2 Å². The lowest BCUT2D eigenvalue weighted by molar-refractivity contribution is -0.148. The first kappa shape index (κ1) is 12.5. The van der Waals surface area contributed by atoms with Gasteiger partial charge in [-0.25, -0.2) is 0 Å². The number of carboxylic acids is 1. The van der Waals surface area contributed by atoms with E-state index in [2.05, 4.69) is 4.98 Å². The number of rotatable bonds is 3. The van der Waals surface area contributed by atoms with Gasteiger partial charge in [-0.1, -0.05) is 18.2 Å². The lowest BCUT2D eigenvalue weighted by Gasteiger charge is -2.21. The number of amides is 1. The predicted octanol–water partition coefficient (Wildman–Crippen LogP) is 0.448. The van der Waals surface area contributed by atoms with Crippen molar-refractivity contribution < 1.29 is 19.4 Å². The highest BCUT2D eigenvalue weighted by Crippen LogP contribution is 2.52. The van der Waals surface area contributed by atoms with Crippen LogP contribution in [0.3, 0.4) is 0 Å². The molecule has 3 aliphatic heterocycles. The molecule has 2 bridgehead atoms. The number of likely N-dealkylation sites (tertiary alicyclic amines) is 1. The Morgan fingerprint density at radius 2 is 2.43 bits per heavy atom. The van der Waals surface area contributed by atoms with E-state index in [1.807, 2.05) is 18.2 Å². The van der Waals surface area contributed by atoms with Gasteiger partial charge in [0.05, 0.1) is 18.6 Å². The van der Waals surface area contributed by atoms with E-state index in [4.69, 9.17) is 4.74 Å². The Balaban J connectivity index is 1.63. The van der Waals surface area contributed by atoms with Crippen LogP contribution in [0.25, 0.3) is 0 Å². The van der Waals surface area contributed by atoms with Gasteiger partial charge in [0.2, 0.25) is 5.91 Å². The van der Waals surface area contributed by atoms with Crippen LogP contribution < -0.4 is 0 Å². The number of hydrogen-bond donors (Lipinski definition) is 1. The van der Waals surface area contributed by atoms with Gasteiger partial charge in [-0.05, 0) is 11.6 Å². The number of aromatic nitrogens is 1. The Hall–Kier alpha value is -2.21. The van der Waals surface area contributed by atoms with Crippen LogP contribution >= 0.6 is 0 Å². The molecule has 0 unspecified atom stereocenters. The molecule has 21 heavy (non-hydrogen) atoms. The zero-order valence-electron chi connectivity index (χ0n) is 11.2. The van der Waals surface area contributed by atoms with E-state index in [0.29, 0.717) is 13.1 Å². The summed E-state index contributed by atoms with van der Waals surface area (Å²) in [6.45, 7) is 0.835. The quantitative estimate of drug-likeness (QED) is 0.816. The molecule has 2 saturated heterocycles. The fraction of sp³-hybridized carbons (Fsp3) is 0.400. The van der Waals surface area contributed by atoms with Crippen LogP contribution in [0, 0.1) is 11.8 Å². The lowest BCUT2D eigenvalue weighted by atomic mass is 9.77. The lowest BCUT2D eigenvalue weighted by Crippen LogP contribution is -2.39. The van der Waals surface area contributed by atoms with E-state index < -0.39 is 29.5 Å². The molecule has 6 heteroatoms. The molecule has 4 heterocycles. The molecule has 3 aliphatic rings. The average molecular weight is 286 g/mol. The van der Waals surface area contributed by atoms with Gasteiger partial charge in [0, 0.05) is 18.9 Å². The number of nitrogens with zero attached hydrogens (tertiary/aromatic N) is 2. The molecule has 1 aromatic rings. The van der Waals surface area contributed by atoms with Crippen LogP contribution in [0.2, 0.25) is 0 Å². The van der Waals surface area contributed by atoms with E-state index >= 15 is 0 Å². The summed E-state index contributed by atoms with van der Waals surface area (Å²) in [6, 6.07) is 3.71. The summed E-state index contributed by atoms with van der Waals surface area (Å²) in [5, 5.41) is 9.38. The molecule has 1 amide bonds. The summed E-state index contributed by atoms with van der Waals surface area (Å²) >= 11 is 0. The first-order chi connectivity index (χ1) is 10.1. The van der Waals surface area contributed by atoms with Crippen LogP contribution in [0.5, 0.6) is 0 Å². The molecule has 1 N–H and O–H groups in total. The minimum Gasteiger partial charge on any atom is -0.481 e. The highest BCUT2D eigenvalue weighted by molar-refractivity contribution is 5.90. The molecule has 4 rings (SSSR count). The van der Waals surface area contributed by atoms with Crippen molar-refractivity contribution in [1.29, 1.82) is 0 Å². The molecule has 4 atom stereocenters. The average Bonchev–Trinajstić information content (AvgIpc) is 3.09. The van der Waals surface area contributed by atoms with Crippen molar-refractivity contribution in [2.45, 2.75) is 18.2 Å². The SMILES string of the molecule is O=C(O)[C@H]1[C@@H]2C=C[C@@]3(CN(Cc4cccnc4)C(=O)[C@@H]13)O2. The van der Waals surface area contributed by atoms with Gasteiger partial charge >= 0.3 is 5.97 Å². The molecule has 1 aromatic heterocycles. The Bertz CT molecular complexity index is 644. The summed E-state index contributed by atoms with van der Waals surface area (Å²) in [6.07, 6.45) is 6.55. The first-order valence-corrected chi connectivity index (χ1v) is 6.88. The molecule has 0 aromatic carbocycles. The third-order valence-corrected chi connectivity index (χ3v) is 4.56. The minimum atomic E-state index is -0.965. The normalized spacial score (nSPS) is 36.3. The monoisotopic (exact) mass is 286 g/mol. The van der Waals surface area contributed by atoms with Crippen LogP contribution in [0.1, 0.15) is 5.56 Å². The molecule has 0 radical (unpaired) electrons. The fourth-order valence-electron chi connectivity index (χ4n) is 3.71. The van der Waals surface area contributed by atoms with Crippen LogP contribution in [-0.2, 0) is 20.9 Å². The largest absolute Gasteiger partial charge is 0.481 e. The second-order valence-electron chi connectivity index (χ2n) is 5.79. The van der Waals surface area contributed by atoms with E-state index in [1.165, 1.54) is 0 Å². The molecular weight excluding hydrogens is 272 g/mol. The maximum absolute atomic E-state index is 12.6. The zero-order chi connectivity index (χ0) is 14.6. The van der Waals surface area contributed by atoms with Crippen molar-refractivity contribution in [2.24, 2.45) is 11.8 Å². The van der Waals surface area contributed by atoms with E-state index in [-0.39, 0.29) is 5.91 Å². The number of hydrogen-bond acceptors (Lipinski definition) is 4. The van der Waals surface area contributed by atoms with E-state index in [0.717, 1.165) is 5.56 Å². The summed E-state index contributed by atoms with van der Waals surface area (Å²) < 4.78 is 5.83. The molecule has 0 aliphatic carbocycles. The standard InChI is InChI=1S/C15H14N2O4/c18-13-12-11(14(19)20)10-3-4-15(12,21-10)8-17(13)7-9-2-1-5-16-6-9/h1-6,10-12H,7-8H2,(H,19,20)/t10-,11-,12+,15-/m0/s1. The number of fused-ring (bicyclic) bond motifs is 1. The number of carbonyl (C=O) groups is 2. The van der Waals surface area contributed by atoms with Crippen molar-refractivity contribution in [1.82, 2.24) is 9.88 Å². The maximum Gasteiger partial charge on any atom is 0.310 e. The summed E-state index contributed by atoms with van der Waals surface area (Å²) in [5.41, 5.74) is 0.167. The van der Waals surface area contributed by atoms with E-state index in [1.54, 1.807) is 23.4 Å². The van der Waals surface area contributed by atoms with E-state index in [9.17, 15) is 14.7 Å². The summed E-state index contributed by atoms with van der Waals surface area (Å²) in [4.78, 5) is 29.8. The maximum atomic E-state index is 12.6. The molecule has 0 saturated carbocycles. The van der Waals surface area contributed by atoms with Gasteiger partial charge in [0.25, 0.3) is 0 Å². The number of carbonyl (C=O) groups excluding carboxylic acids is 1. The second-order valence-corrected chi connectivity index (χ2v) is 5.79. The third-order valence-electron chi connectivity index (χ3n) is 4.56. The van der Waals surface area contributed by atoms with Crippen molar-refractivity contribution in [2.75, 3.05) is 6.54 Å². The Morgan fingerprint density at radius 1 is 1.57 bits per heavy atom. The third kappa shape index (κ3) is 1.65. The number of pyridine rings is 1. The Labute approximate surface area is 121 Å². The highest BCUT2D eigenvalue weighted by Gasteiger charge is 2.66. The van der Waals surface area contributed by atoms with Gasteiger partial charge in [-0.2, -0.15) is 0 Å². The van der Waals surface area contributed by atoms with Gasteiger partial charge in [-0.15, -0.1) is 0 Å². The number of ether oxygens (including phenoxy) is 1. The van der Waals surface area contributed by atoms with Gasteiger partial charge < -0.3 is 14.7 Å². The van der Waals surface area contributed by atoms with Crippen LogP contribution in [0.4, 0.5) is 0 Å². The fourth-order valence-corrected chi connectivity index (χ4v) is 3.71. The van der Waals surface area contributed by atoms with Crippen molar-refractivity contribution >= 4 is 11.9 Å². The smallest absolute Gasteiger partial charge is 0.310 e. The van der Waals surface area contributed by atoms with Crippen LogP contribution in [0.15, 0.2) is 36.7 Å². The highest BCUT2D eigenvalue weighted by atomic mass is 16.5. The Morgan fingerprint density at radius 3 is 3.14 bits per heavy atom. The molecule has 108 valence electrons. The topological polar surface area (TPSA) is 79.7 Å². The van der Waals surface area contributed by atoms with Gasteiger partial charge in [-0.3, -0.25) is 14.6 Å². The second kappa shape index (κ2) is 4.14. The minimum absolute atomic E-state index is 0.141. The van der Waals surface area contributed by atoms with Gasteiger partial charge in [0.1, 0.15) is 11.5 Å². The number of carboxylic acid groups (broad SMARTS) is 1. The molecule has 1 spiro atoms.